The Kier molecular flexibility index (Phi) is 5.34. The lowest BCUT2D eigenvalue weighted by Gasteiger charge is -2.23. The molecule has 1 aromatic carbocycles. The van der Waals surface area contributed by atoms with E-state index in [1.54, 1.807) is 17.2 Å². The number of nitrogen functional groups attached to an aromatic ring is 1. The minimum Gasteiger partial charge on any atom is -0.472 e. The Hall–Kier alpha value is -3.13. The number of hydrogen-bond acceptors (Lipinski definition) is 6. The number of carbonyl (C=O) groups is 1. The van der Waals surface area contributed by atoms with Crippen LogP contribution in [-0.2, 0) is 6.54 Å². The van der Waals surface area contributed by atoms with E-state index in [1.807, 2.05) is 29.9 Å². The molecule has 156 valence electrons. The van der Waals surface area contributed by atoms with Crippen LogP contribution in [0.2, 0.25) is 5.02 Å². The fourth-order valence-electron chi connectivity index (χ4n) is 3.48. The molecule has 4 rings (SSSR count). The van der Waals surface area contributed by atoms with E-state index in [0.29, 0.717) is 23.2 Å². The van der Waals surface area contributed by atoms with E-state index in [0.717, 1.165) is 17.7 Å². The second-order valence-electron chi connectivity index (χ2n) is 7.79. The van der Waals surface area contributed by atoms with Crippen molar-refractivity contribution >= 4 is 29.0 Å². The molecule has 9 heteroatoms. The van der Waals surface area contributed by atoms with E-state index in [2.05, 4.69) is 28.9 Å². The van der Waals surface area contributed by atoms with Crippen LogP contribution >= 0.6 is 11.6 Å². The number of carbonyl (C=O) groups excluding carboxylic acids is 1. The Labute approximate surface area is 179 Å². The van der Waals surface area contributed by atoms with Gasteiger partial charge in [-0.1, -0.05) is 31.5 Å². The molecule has 2 aromatic heterocycles. The average Bonchev–Trinajstić information content (AvgIpc) is 3.07. The molecule has 0 bridgehead atoms. The van der Waals surface area contributed by atoms with Gasteiger partial charge in [0.1, 0.15) is 23.8 Å². The van der Waals surface area contributed by atoms with Crippen LogP contribution in [0.5, 0.6) is 5.88 Å². The number of rotatable bonds is 4. The number of anilines is 2. The van der Waals surface area contributed by atoms with Crippen molar-refractivity contribution in [3.63, 3.8) is 0 Å². The fourth-order valence-corrected chi connectivity index (χ4v) is 3.76. The summed E-state index contributed by atoms with van der Waals surface area (Å²) in [6.07, 6.45) is 4.78. The molecule has 1 aliphatic heterocycles. The van der Waals surface area contributed by atoms with E-state index in [4.69, 9.17) is 22.1 Å². The number of nitrogens with two attached hydrogens (primary N) is 1. The lowest BCUT2D eigenvalue weighted by molar-refractivity contribution is 0.0988. The molecule has 0 saturated carbocycles. The molecule has 0 spiro atoms. The first-order chi connectivity index (χ1) is 14.3. The average molecular weight is 427 g/mol. The lowest BCUT2D eigenvalue weighted by Crippen LogP contribution is -2.36. The van der Waals surface area contributed by atoms with Crippen LogP contribution in [0.3, 0.4) is 0 Å². The SMILES string of the molecule is CC(C)Cn1cc(-c2ccc(N3C[C@@H](C)Oc4ncnc(N)c4C3=O)cc2Cl)cn1. The Morgan fingerprint density at radius 1 is 1.33 bits per heavy atom. The van der Waals surface area contributed by atoms with E-state index < -0.39 is 0 Å². The van der Waals surface area contributed by atoms with Crippen molar-refractivity contribution in [2.45, 2.75) is 33.4 Å². The number of aromatic nitrogens is 4. The summed E-state index contributed by atoms with van der Waals surface area (Å²) in [5, 5.41) is 4.93. The highest BCUT2D eigenvalue weighted by Crippen LogP contribution is 2.34. The second-order valence-corrected chi connectivity index (χ2v) is 8.20. The van der Waals surface area contributed by atoms with Crippen molar-refractivity contribution < 1.29 is 9.53 Å². The summed E-state index contributed by atoms with van der Waals surface area (Å²) < 4.78 is 7.68. The first-order valence-electron chi connectivity index (χ1n) is 9.75. The maximum Gasteiger partial charge on any atom is 0.267 e. The minimum atomic E-state index is -0.319. The molecule has 0 unspecified atom stereocenters. The molecule has 8 nitrogen and oxygen atoms in total. The Morgan fingerprint density at radius 2 is 2.13 bits per heavy atom. The monoisotopic (exact) mass is 426 g/mol. The third-order valence-electron chi connectivity index (χ3n) is 4.81. The quantitative estimate of drug-likeness (QED) is 0.683. The third kappa shape index (κ3) is 3.82. The van der Waals surface area contributed by atoms with E-state index in [1.165, 1.54) is 6.33 Å². The Balaban J connectivity index is 1.67. The maximum atomic E-state index is 13.2. The summed E-state index contributed by atoms with van der Waals surface area (Å²) in [4.78, 5) is 22.8. The van der Waals surface area contributed by atoms with Crippen molar-refractivity contribution in [2.75, 3.05) is 17.2 Å². The largest absolute Gasteiger partial charge is 0.472 e. The van der Waals surface area contributed by atoms with Crippen molar-refractivity contribution in [1.82, 2.24) is 19.7 Å². The van der Waals surface area contributed by atoms with Gasteiger partial charge >= 0.3 is 0 Å². The predicted octanol–water partition coefficient (Wildman–Crippen LogP) is 3.66. The van der Waals surface area contributed by atoms with Crippen LogP contribution in [-0.4, -0.2) is 38.3 Å². The van der Waals surface area contributed by atoms with Gasteiger partial charge in [0, 0.05) is 29.6 Å². The van der Waals surface area contributed by atoms with Gasteiger partial charge in [0.05, 0.1) is 17.8 Å². The first-order valence-corrected chi connectivity index (χ1v) is 10.1. The van der Waals surface area contributed by atoms with Crippen molar-refractivity contribution in [3.05, 3.63) is 47.5 Å². The van der Waals surface area contributed by atoms with Gasteiger partial charge in [-0.15, -0.1) is 0 Å². The molecule has 1 amide bonds. The molecular formula is C21H23ClN6O2. The normalized spacial score (nSPS) is 16.4. The van der Waals surface area contributed by atoms with Crippen LogP contribution in [0.4, 0.5) is 11.5 Å². The van der Waals surface area contributed by atoms with E-state index >= 15 is 0 Å². The van der Waals surface area contributed by atoms with Crippen LogP contribution in [0.15, 0.2) is 36.9 Å². The van der Waals surface area contributed by atoms with Crippen molar-refractivity contribution in [1.29, 1.82) is 0 Å². The standard InChI is InChI=1S/C21H23ClN6O2/c1-12(2)8-27-10-14(7-26-27)16-5-4-15(6-17(16)22)28-9-13(3)30-20-18(21(28)29)19(23)24-11-25-20/h4-7,10-13H,8-9H2,1-3H3,(H2,23,24,25)/t13-/m1/s1. The van der Waals surface area contributed by atoms with Crippen molar-refractivity contribution in [2.24, 2.45) is 5.92 Å². The number of ether oxygens (including phenoxy) is 1. The number of hydrogen-bond donors (Lipinski definition) is 1. The molecule has 1 atom stereocenters. The van der Waals surface area contributed by atoms with E-state index in [9.17, 15) is 4.79 Å². The minimum absolute atomic E-state index is 0.0874. The molecule has 2 N–H and O–H groups in total. The molecule has 0 radical (unpaired) electrons. The molecule has 30 heavy (non-hydrogen) atoms. The highest BCUT2D eigenvalue weighted by molar-refractivity contribution is 6.33. The summed E-state index contributed by atoms with van der Waals surface area (Å²) in [7, 11) is 0. The Morgan fingerprint density at radius 3 is 2.87 bits per heavy atom. The lowest BCUT2D eigenvalue weighted by atomic mass is 10.1. The highest BCUT2D eigenvalue weighted by atomic mass is 35.5. The number of halogens is 1. The number of amides is 1. The molecule has 0 saturated heterocycles. The van der Waals surface area contributed by atoms with Crippen LogP contribution in [0.1, 0.15) is 31.1 Å². The van der Waals surface area contributed by atoms with Gasteiger partial charge in [-0.25, -0.2) is 9.97 Å². The van der Waals surface area contributed by atoms with Gasteiger partial charge < -0.3 is 15.4 Å². The van der Waals surface area contributed by atoms with Gasteiger partial charge in [-0.3, -0.25) is 9.48 Å². The van der Waals surface area contributed by atoms with Gasteiger partial charge in [0.15, 0.2) is 0 Å². The summed E-state index contributed by atoms with van der Waals surface area (Å²) in [5.41, 5.74) is 8.53. The second kappa shape index (κ2) is 7.95. The predicted molar refractivity (Wildman–Crippen MR) is 116 cm³/mol. The molecule has 0 aliphatic carbocycles. The first kappa shape index (κ1) is 20.2. The third-order valence-corrected chi connectivity index (χ3v) is 5.13. The molecule has 1 aliphatic rings. The summed E-state index contributed by atoms with van der Waals surface area (Å²) in [6, 6.07) is 5.52. The molecule has 3 aromatic rings. The summed E-state index contributed by atoms with van der Waals surface area (Å²) >= 11 is 6.60. The fraction of sp³-hybridized carbons (Fsp3) is 0.333. The number of fused-ring (bicyclic) bond motifs is 1. The van der Waals surface area contributed by atoms with Crippen molar-refractivity contribution in [3.8, 4) is 17.0 Å². The summed E-state index contributed by atoms with van der Waals surface area (Å²) in [5.74, 6) is 0.460. The highest BCUT2D eigenvalue weighted by Gasteiger charge is 2.31. The molecule has 3 heterocycles. The topological polar surface area (TPSA) is 99.2 Å². The molecular weight excluding hydrogens is 404 g/mol. The van der Waals surface area contributed by atoms with Gasteiger partial charge in [0.2, 0.25) is 5.88 Å². The zero-order valence-electron chi connectivity index (χ0n) is 17.0. The van der Waals surface area contributed by atoms with E-state index in [-0.39, 0.29) is 29.3 Å². The van der Waals surface area contributed by atoms with Gasteiger partial charge in [-0.2, -0.15) is 5.10 Å². The van der Waals surface area contributed by atoms with Crippen LogP contribution < -0.4 is 15.4 Å². The number of nitrogens with zero attached hydrogens (tertiary/aromatic N) is 5. The smallest absolute Gasteiger partial charge is 0.267 e. The molecule has 0 fully saturated rings. The maximum absolute atomic E-state index is 13.2. The van der Waals surface area contributed by atoms with Crippen LogP contribution in [0.25, 0.3) is 11.1 Å². The van der Waals surface area contributed by atoms with Gasteiger partial charge in [0.25, 0.3) is 5.91 Å². The number of benzene rings is 1. The van der Waals surface area contributed by atoms with Gasteiger partial charge in [-0.05, 0) is 25.0 Å². The zero-order valence-corrected chi connectivity index (χ0v) is 17.8. The summed E-state index contributed by atoms with van der Waals surface area (Å²) in [6.45, 7) is 7.31. The zero-order chi connectivity index (χ0) is 21.4. The Bertz CT molecular complexity index is 1100. The van der Waals surface area contributed by atoms with Crippen LogP contribution in [0, 0.1) is 5.92 Å².